The van der Waals surface area contributed by atoms with Crippen LogP contribution in [0.2, 0.25) is 0 Å². The molecular weight excluding hydrogens is 212 g/mol. The van der Waals surface area contributed by atoms with E-state index in [0.29, 0.717) is 0 Å². The number of amides is 1. The highest BCUT2D eigenvalue weighted by molar-refractivity contribution is 5.74. The van der Waals surface area contributed by atoms with Crippen molar-refractivity contribution in [3.05, 3.63) is 0 Å². The zero-order valence-electron chi connectivity index (χ0n) is 10.7. The molecule has 2 rings (SSSR count). The van der Waals surface area contributed by atoms with Gasteiger partial charge in [0, 0.05) is 13.5 Å². The first-order valence-corrected chi connectivity index (χ1v) is 6.75. The van der Waals surface area contributed by atoms with Crippen LogP contribution in [0.5, 0.6) is 0 Å². The third-order valence-corrected chi connectivity index (χ3v) is 3.68. The van der Waals surface area contributed by atoms with Gasteiger partial charge in [0.15, 0.2) is 0 Å². The van der Waals surface area contributed by atoms with E-state index in [1.165, 1.54) is 32.4 Å². The second kappa shape index (κ2) is 6.07. The van der Waals surface area contributed by atoms with E-state index in [1.54, 1.807) is 6.92 Å². The molecule has 2 aliphatic heterocycles. The quantitative estimate of drug-likeness (QED) is 0.642. The molecule has 0 saturated carbocycles. The van der Waals surface area contributed by atoms with Gasteiger partial charge in [0.05, 0.1) is 12.6 Å². The van der Waals surface area contributed by atoms with Crippen LogP contribution < -0.4 is 0 Å². The van der Waals surface area contributed by atoms with Crippen molar-refractivity contribution in [2.75, 3.05) is 26.2 Å². The lowest BCUT2D eigenvalue weighted by Gasteiger charge is -2.31. The van der Waals surface area contributed by atoms with Crippen molar-refractivity contribution >= 4 is 5.91 Å². The average Bonchev–Trinajstić information content (AvgIpc) is 2.82. The maximum Gasteiger partial charge on any atom is 0.220 e. The lowest BCUT2D eigenvalue weighted by atomic mass is 10.0. The van der Waals surface area contributed by atoms with Gasteiger partial charge in [0.1, 0.15) is 0 Å². The number of rotatable bonds is 1. The Morgan fingerprint density at radius 1 is 1.18 bits per heavy atom. The van der Waals surface area contributed by atoms with E-state index in [2.05, 4.69) is 16.7 Å². The standard InChI is InChI=1S/C14H22N2O/c1-13(17)16-12-3-2-7-14(16)8-6-11-15-9-4-5-10-15/h14H,2-5,7,9-12H2,1H3/t14-/m0/s1. The summed E-state index contributed by atoms with van der Waals surface area (Å²) in [5, 5.41) is 0. The molecule has 0 aromatic heterocycles. The first-order chi connectivity index (χ1) is 8.27. The Morgan fingerprint density at radius 3 is 2.59 bits per heavy atom. The number of likely N-dealkylation sites (tertiary alicyclic amines) is 2. The molecule has 17 heavy (non-hydrogen) atoms. The molecule has 0 unspecified atom stereocenters. The topological polar surface area (TPSA) is 23.6 Å². The van der Waals surface area contributed by atoms with Crippen molar-refractivity contribution in [3.63, 3.8) is 0 Å². The zero-order valence-corrected chi connectivity index (χ0v) is 10.7. The number of carbonyl (C=O) groups is 1. The third-order valence-electron chi connectivity index (χ3n) is 3.68. The van der Waals surface area contributed by atoms with Gasteiger partial charge in [-0.25, -0.2) is 0 Å². The highest BCUT2D eigenvalue weighted by atomic mass is 16.2. The number of hydrogen-bond acceptors (Lipinski definition) is 2. The summed E-state index contributed by atoms with van der Waals surface area (Å²) in [5.41, 5.74) is 0. The fourth-order valence-corrected chi connectivity index (χ4v) is 2.67. The van der Waals surface area contributed by atoms with E-state index >= 15 is 0 Å². The fourth-order valence-electron chi connectivity index (χ4n) is 2.67. The van der Waals surface area contributed by atoms with Crippen LogP contribution in [0.4, 0.5) is 0 Å². The number of piperidine rings is 1. The van der Waals surface area contributed by atoms with Crippen LogP contribution in [-0.4, -0.2) is 47.9 Å². The van der Waals surface area contributed by atoms with Gasteiger partial charge in [-0.3, -0.25) is 9.69 Å². The van der Waals surface area contributed by atoms with Gasteiger partial charge in [-0.05, 0) is 45.2 Å². The van der Waals surface area contributed by atoms with Crippen LogP contribution in [0.1, 0.15) is 39.0 Å². The number of nitrogens with zero attached hydrogens (tertiary/aromatic N) is 2. The molecule has 3 nitrogen and oxygen atoms in total. The van der Waals surface area contributed by atoms with E-state index in [1.807, 2.05) is 4.90 Å². The first kappa shape index (κ1) is 12.4. The summed E-state index contributed by atoms with van der Waals surface area (Å²) in [6.07, 6.45) is 6.00. The Balaban J connectivity index is 1.86. The minimum absolute atomic E-state index is 0.170. The molecule has 1 atom stereocenters. The van der Waals surface area contributed by atoms with Gasteiger partial charge < -0.3 is 4.90 Å². The third kappa shape index (κ3) is 3.47. The average molecular weight is 234 g/mol. The van der Waals surface area contributed by atoms with Crippen molar-refractivity contribution in [2.45, 2.75) is 45.1 Å². The summed E-state index contributed by atoms with van der Waals surface area (Å²) in [4.78, 5) is 15.8. The highest BCUT2D eigenvalue weighted by Crippen LogP contribution is 2.16. The Morgan fingerprint density at radius 2 is 1.88 bits per heavy atom. The predicted molar refractivity (Wildman–Crippen MR) is 68.5 cm³/mol. The van der Waals surface area contributed by atoms with Crippen molar-refractivity contribution < 1.29 is 4.79 Å². The second-order valence-electron chi connectivity index (χ2n) is 5.03. The molecule has 2 heterocycles. The van der Waals surface area contributed by atoms with Crippen molar-refractivity contribution in [1.82, 2.24) is 9.80 Å². The van der Waals surface area contributed by atoms with Gasteiger partial charge >= 0.3 is 0 Å². The van der Waals surface area contributed by atoms with Crippen molar-refractivity contribution in [1.29, 1.82) is 0 Å². The fraction of sp³-hybridized carbons (Fsp3) is 0.786. The maximum atomic E-state index is 11.5. The monoisotopic (exact) mass is 234 g/mol. The second-order valence-corrected chi connectivity index (χ2v) is 5.03. The molecule has 2 aliphatic rings. The van der Waals surface area contributed by atoms with Crippen LogP contribution in [0.15, 0.2) is 0 Å². The Bertz CT molecular complexity index is 323. The Hall–Kier alpha value is -1.01. The number of carbonyl (C=O) groups excluding carboxylic acids is 1. The summed E-state index contributed by atoms with van der Waals surface area (Å²) in [5.74, 6) is 6.73. The van der Waals surface area contributed by atoms with Gasteiger partial charge in [-0.15, -0.1) is 0 Å². The molecule has 2 saturated heterocycles. The molecule has 0 aromatic rings. The van der Waals surface area contributed by atoms with Crippen LogP contribution >= 0.6 is 0 Å². The molecule has 0 aromatic carbocycles. The molecule has 0 spiro atoms. The summed E-state index contributed by atoms with van der Waals surface area (Å²) in [7, 11) is 0. The van der Waals surface area contributed by atoms with Gasteiger partial charge in [-0.2, -0.15) is 0 Å². The van der Waals surface area contributed by atoms with E-state index in [-0.39, 0.29) is 11.9 Å². The number of hydrogen-bond donors (Lipinski definition) is 0. The zero-order chi connectivity index (χ0) is 12.1. The van der Waals surface area contributed by atoms with Crippen LogP contribution in [-0.2, 0) is 4.79 Å². The van der Waals surface area contributed by atoms with Gasteiger partial charge in [-0.1, -0.05) is 11.8 Å². The lowest BCUT2D eigenvalue weighted by Crippen LogP contribution is -2.41. The van der Waals surface area contributed by atoms with Gasteiger partial charge in [0.2, 0.25) is 5.91 Å². The van der Waals surface area contributed by atoms with E-state index in [4.69, 9.17) is 0 Å². The summed E-state index contributed by atoms with van der Waals surface area (Å²) < 4.78 is 0. The molecule has 0 radical (unpaired) electrons. The van der Waals surface area contributed by atoms with Crippen LogP contribution in [0, 0.1) is 11.8 Å². The van der Waals surface area contributed by atoms with Crippen molar-refractivity contribution in [3.8, 4) is 11.8 Å². The van der Waals surface area contributed by atoms with E-state index in [0.717, 1.165) is 25.9 Å². The lowest BCUT2D eigenvalue weighted by molar-refractivity contribution is -0.131. The molecule has 0 aliphatic carbocycles. The Labute approximate surface area is 104 Å². The molecule has 0 bridgehead atoms. The molecule has 94 valence electrons. The minimum atomic E-state index is 0.170. The summed E-state index contributed by atoms with van der Waals surface area (Å²) in [6.45, 7) is 5.80. The maximum absolute atomic E-state index is 11.5. The summed E-state index contributed by atoms with van der Waals surface area (Å²) in [6, 6.07) is 0.170. The van der Waals surface area contributed by atoms with Crippen LogP contribution in [0.25, 0.3) is 0 Å². The predicted octanol–water partition coefficient (Wildman–Crippen LogP) is 1.49. The largest absolute Gasteiger partial charge is 0.329 e. The molecular formula is C14H22N2O. The minimum Gasteiger partial charge on any atom is -0.329 e. The highest BCUT2D eigenvalue weighted by Gasteiger charge is 2.22. The van der Waals surface area contributed by atoms with Crippen molar-refractivity contribution in [2.24, 2.45) is 0 Å². The smallest absolute Gasteiger partial charge is 0.220 e. The SMILES string of the molecule is CC(=O)N1CCCC[C@H]1C#CCN1CCCC1. The summed E-state index contributed by atoms with van der Waals surface area (Å²) >= 11 is 0. The van der Waals surface area contributed by atoms with E-state index < -0.39 is 0 Å². The molecule has 3 heteroatoms. The molecule has 0 N–H and O–H groups in total. The van der Waals surface area contributed by atoms with Gasteiger partial charge in [0.25, 0.3) is 0 Å². The molecule has 1 amide bonds. The molecule has 2 fully saturated rings. The first-order valence-electron chi connectivity index (χ1n) is 6.75. The normalized spacial score (nSPS) is 25.5. The van der Waals surface area contributed by atoms with Crippen LogP contribution in [0.3, 0.4) is 0 Å². The van der Waals surface area contributed by atoms with E-state index in [9.17, 15) is 4.79 Å². The Kier molecular flexibility index (Phi) is 4.44.